The Bertz CT molecular complexity index is 599. The first-order valence-corrected chi connectivity index (χ1v) is 5.76. The summed E-state index contributed by atoms with van der Waals surface area (Å²) in [5, 5.41) is 0. The van der Waals surface area contributed by atoms with E-state index < -0.39 is 0 Å². The molecule has 0 bridgehead atoms. The van der Waals surface area contributed by atoms with Gasteiger partial charge < -0.3 is 15.4 Å². The summed E-state index contributed by atoms with van der Waals surface area (Å²) in [5.41, 5.74) is 7.08. The highest BCUT2D eigenvalue weighted by molar-refractivity contribution is 6.07. The van der Waals surface area contributed by atoms with Gasteiger partial charge in [0.05, 0.1) is 12.8 Å². The molecule has 1 aromatic heterocycles. The molecule has 1 amide bonds. The van der Waals surface area contributed by atoms with Gasteiger partial charge in [0.25, 0.3) is 5.91 Å². The number of methoxy groups -OCH3 is 1. The van der Waals surface area contributed by atoms with E-state index in [-0.39, 0.29) is 11.6 Å². The fraction of sp³-hybridized carbons (Fsp3) is 0.143. The second-order valence-electron chi connectivity index (χ2n) is 4.01. The average molecular weight is 257 g/mol. The Morgan fingerprint density at radius 3 is 2.79 bits per heavy atom. The number of nitrogens with zero attached hydrogens (tertiary/aromatic N) is 2. The molecule has 0 fully saturated rings. The fourth-order valence-electron chi connectivity index (χ4n) is 1.69. The van der Waals surface area contributed by atoms with E-state index in [1.165, 1.54) is 4.90 Å². The van der Waals surface area contributed by atoms with Crippen molar-refractivity contribution in [3.63, 3.8) is 0 Å². The minimum atomic E-state index is -0.258. The van der Waals surface area contributed by atoms with E-state index in [2.05, 4.69) is 4.98 Å². The molecule has 1 heterocycles. The largest absolute Gasteiger partial charge is 0.497 e. The molecule has 2 N–H and O–H groups in total. The molecule has 1 aromatic carbocycles. The highest BCUT2D eigenvalue weighted by atomic mass is 16.5. The summed E-state index contributed by atoms with van der Waals surface area (Å²) in [5.74, 6) is 0.428. The van der Waals surface area contributed by atoms with Crippen molar-refractivity contribution in [3.8, 4) is 5.75 Å². The van der Waals surface area contributed by atoms with E-state index >= 15 is 0 Å². The van der Waals surface area contributed by atoms with Crippen molar-refractivity contribution in [3.05, 3.63) is 48.3 Å². The van der Waals surface area contributed by atoms with E-state index in [9.17, 15) is 4.79 Å². The smallest absolute Gasteiger partial charge is 0.278 e. The summed E-state index contributed by atoms with van der Waals surface area (Å²) in [4.78, 5) is 17.8. The van der Waals surface area contributed by atoms with Gasteiger partial charge in [-0.05, 0) is 24.3 Å². The lowest BCUT2D eigenvalue weighted by atomic mass is 10.2. The molecule has 2 aromatic rings. The first-order valence-electron chi connectivity index (χ1n) is 5.76. The van der Waals surface area contributed by atoms with Crippen molar-refractivity contribution in [2.75, 3.05) is 24.8 Å². The summed E-state index contributed by atoms with van der Waals surface area (Å²) >= 11 is 0. The van der Waals surface area contributed by atoms with Gasteiger partial charge in [0.15, 0.2) is 5.69 Å². The lowest BCUT2D eigenvalue weighted by Gasteiger charge is -2.18. The Morgan fingerprint density at radius 1 is 1.32 bits per heavy atom. The maximum absolute atomic E-state index is 12.3. The van der Waals surface area contributed by atoms with Gasteiger partial charge in [-0.25, -0.2) is 4.98 Å². The molecule has 0 unspecified atom stereocenters. The molecule has 5 nitrogen and oxygen atoms in total. The molecule has 0 atom stereocenters. The predicted molar refractivity (Wildman–Crippen MR) is 74.4 cm³/mol. The molecule has 0 aliphatic carbocycles. The zero-order chi connectivity index (χ0) is 13.8. The number of rotatable bonds is 3. The first-order chi connectivity index (χ1) is 9.13. The number of pyridine rings is 1. The Hall–Kier alpha value is -2.56. The number of carbonyl (C=O) groups excluding carboxylic acids is 1. The van der Waals surface area contributed by atoms with Crippen molar-refractivity contribution in [2.24, 2.45) is 0 Å². The molecule has 0 aliphatic heterocycles. The number of benzene rings is 1. The van der Waals surface area contributed by atoms with Crippen LogP contribution in [0.4, 0.5) is 11.4 Å². The summed E-state index contributed by atoms with van der Waals surface area (Å²) in [6, 6.07) is 10.6. The predicted octanol–water partition coefficient (Wildman–Crippen LogP) is 1.95. The van der Waals surface area contributed by atoms with Crippen LogP contribution in [0.5, 0.6) is 5.75 Å². The average Bonchev–Trinajstić information content (AvgIpc) is 2.46. The molecule has 0 radical (unpaired) electrons. The van der Waals surface area contributed by atoms with Crippen molar-refractivity contribution in [1.29, 1.82) is 0 Å². The standard InChI is InChI=1S/C14H15N3O2/c1-17(10-5-3-6-11(9-10)19-2)14(18)13-12(15)7-4-8-16-13/h3-9H,15H2,1-2H3. The van der Waals surface area contributed by atoms with E-state index in [4.69, 9.17) is 10.5 Å². The van der Waals surface area contributed by atoms with Crippen LogP contribution in [0.3, 0.4) is 0 Å². The van der Waals surface area contributed by atoms with Gasteiger partial charge in [-0.3, -0.25) is 4.79 Å². The van der Waals surface area contributed by atoms with Gasteiger partial charge in [-0.15, -0.1) is 0 Å². The van der Waals surface area contributed by atoms with Crippen LogP contribution < -0.4 is 15.4 Å². The van der Waals surface area contributed by atoms with Gasteiger partial charge in [-0.2, -0.15) is 0 Å². The maximum atomic E-state index is 12.3. The summed E-state index contributed by atoms with van der Waals surface area (Å²) in [7, 11) is 3.25. The molecule has 2 rings (SSSR count). The molecular weight excluding hydrogens is 242 g/mol. The third-order valence-electron chi connectivity index (χ3n) is 2.79. The van der Waals surface area contributed by atoms with E-state index in [1.807, 2.05) is 18.2 Å². The van der Waals surface area contributed by atoms with E-state index in [0.29, 0.717) is 11.4 Å². The van der Waals surface area contributed by atoms with Crippen LogP contribution in [0.25, 0.3) is 0 Å². The SMILES string of the molecule is COc1cccc(N(C)C(=O)c2ncccc2N)c1. The van der Waals surface area contributed by atoms with Crippen LogP contribution in [0.2, 0.25) is 0 Å². The number of hydrogen-bond donors (Lipinski definition) is 1. The van der Waals surface area contributed by atoms with Crippen molar-refractivity contribution in [2.45, 2.75) is 0 Å². The Balaban J connectivity index is 2.31. The normalized spacial score (nSPS) is 10.0. The highest BCUT2D eigenvalue weighted by Crippen LogP contribution is 2.22. The number of carbonyl (C=O) groups is 1. The number of aromatic nitrogens is 1. The molecule has 0 spiro atoms. The first kappa shape index (κ1) is 12.9. The van der Waals surface area contributed by atoms with Crippen LogP contribution >= 0.6 is 0 Å². The Kier molecular flexibility index (Phi) is 3.66. The summed E-state index contributed by atoms with van der Waals surface area (Å²) in [6.07, 6.45) is 1.54. The number of ether oxygens (including phenoxy) is 1. The van der Waals surface area contributed by atoms with Crippen LogP contribution in [-0.4, -0.2) is 25.0 Å². The molecule has 0 saturated carbocycles. The van der Waals surface area contributed by atoms with Crippen molar-refractivity contribution in [1.82, 2.24) is 4.98 Å². The maximum Gasteiger partial charge on any atom is 0.278 e. The highest BCUT2D eigenvalue weighted by Gasteiger charge is 2.17. The minimum Gasteiger partial charge on any atom is -0.497 e. The number of anilines is 2. The Morgan fingerprint density at radius 2 is 2.11 bits per heavy atom. The number of amides is 1. The van der Waals surface area contributed by atoms with Crippen molar-refractivity contribution >= 4 is 17.3 Å². The summed E-state index contributed by atoms with van der Waals surface area (Å²) in [6.45, 7) is 0. The van der Waals surface area contributed by atoms with E-state index in [1.54, 1.807) is 38.6 Å². The lowest BCUT2D eigenvalue weighted by Crippen LogP contribution is -2.27. The molecule has 98 valence electrons. The molecular formula is C14H15N3O2. The zero-order valence-corrected chi connectivity index (χ0v) is 10.8. The van der Waals surface area contributed by atoms with Crippen LogP contribution in [0, 0.1) is 0 Å². The van der Waals surface area contributed by atoms with Gasteiger partial charge in [0, 0.05) is 25.0 Å². The molecule has 5 heteroatoms. The van der Waals surface area contributed by atoms with E-state index in [0.717, 1.165) is 5.69 Å². The number of nitrogens with two attached hydrogens (primary N) is 1. The molecule has 0 aliphatic rings. The lowest BCUT2D eigenvalue weighted by molar-refractivity contribution is 0.0989. The van der Waals surface area contributed by atoms with Crippen LogP contribution in [0.15, 0.2) is 42.6 Å². The molecule has 19 heavy (non-hydrogen) atoms. The topological polar surface area (TPSA) is 68.5 Å². The van der Waals surface area contributed by atoms with Gasteiger partial charge in [0.2, 0.25) is 0 Å². The second kappa shape index (κ2) is 5.39. The second-order valence-corrected chi connectivity index (χ2v) is 4.01. The minimum absolute atomic E-state index is 0.243. The Labute approximate surface area is 111 Å². The van der Waals surface area contributed by atoms with Gasteiger partial charge >= 0.3 is 0 Å². The van der Waals surface area contributed by atoms with Crippen LogP contribution in [0.1, 0.15) is 10.5 Å². The fourth-order valence-corrected chi connectivity index (χ4v) is 1.69. The zero-order valence-electron chi connectivity index (χ0n) is 10.8. The number of hydrogen-bond acceptors (Lipinski definition) is 4. The quantitative estimate of drug-likeness (QED) is 0.912. The third kappa shape index (κ3) is 2.65. The monoisotopic (exact) mass is 257 g/mol. The van der Waals surface area contributed by atoms with Crippen molar-refractivity contribution < 1.29 is 9.53 Å². The van der Waals surface area contributed by atoms with Crippen LogP contribution in [-0.2, 0) is 0 Å². The number of nitrogen functional groups attached to an aromatic ring is 1. The van der Waals surface area contributed by atoms with Gasteiger partial charge in [0.1, 0.15) is 5.75 Å². The summed E-state index contributed by atoms with van der Waals surface area (Å²) < 4.78 is 5.14. The third-order valence-corrected chi connectivity index (χ3v) is 2.79. The van der Waals surface area contributed by atoms with Gasteiger partial charge in [-0.1, -0.05) is 6.07 Å². The molecule has 0 saturated heterocycles.